The van der Waals surface area contributed by atoms with Crippen molar-refractivity contribution in [2.24, 2.45) is 0 Å². The average Bonchev–Trinajstić information content (AvgIpc) is 2.43. The zero-order valence-corrected chi connectivity index (χ0v) is 11.4. The second-order valence-electron chi connectivity index (χ2n) is 4.46. The Bertz CT molecular complexity index is 422. The highest BCUT2D eigenvalue weighted by atomic mass is 35.5. The fourth-order valence-electron chi connectivity index (χ4n) is 1.97. The Morgan fingerprint density at radius 1 is 1.53 bits per heavy atom. The number of carbonyl (C=O) groups is 1. The summed E-state index contributed by atoms with van der Waals surface area (Å²) in [5.74, 6) is -0.108. The van der Waals surface area contributed by atoms with Gasteiger partial charge in [-0.1, -0.05) is 11.6 Å². The van der Waals surface area contributed by atoms with Crippen LogP contribution in [0.4, 0.5) is 5.69 Å². The molecule has 1 amide bonds. The van der Waals surface area contributed by atoms with Crippen LogP contribution in [-0.2, 0) is 9.53 Å². The summed E-state index contributed by atoms with van der Waals surface area (Å²) in [4.78, 5) is 15.6. The predicted octanol–water partition coefficient (Wildman–Crippen LogP) is 1.83. The third kappa shape index (κ3) is 4.78. The monoisotopic (exact) mass is 283 g/mol. The Morgan fingerprint density at radius 2 is 2.32 bits per heavy atom. The van der Waals surface area contributed by atoms with Gasteiger partial charge in [0, 0.05) is 6.20 Å². The minimum Gasteiger partial charge on any atom is -0.378 e. The first kappa shape index (κ1) is 14.2. The summed E-state index contributed by atoms with van der Waals surface area (Å²) in [7, 11) is 0. The van der Waals surface area contributed by atoms with Crippen LogP contribution >= 0.6 is 11.6 Å². The van der Waals surface area contributed by atoms with Crippen LogP contribution in [0.15, 0.2) is 18.3 Å². The number of nitrogens with one attached hydrogen (secondary N) is 2. The Balaban J connectivity index is 1.68. The SMILES string of the molecule is O=C(CCOC1CCNCC1)Nc1cccnc1Cl. The summed E-state index contributed by atoms with van der Waals surface area (Å²) < 4.78 is 5.67. The van der Waals surface area contributed by atoms with Crippen molar-refractivity contribution < 1.29 is 9.53 Å². The predicted molar refractivity (Wildman–Crippen MR) is 74.3 cm³/mol. The number of rotatable bonds is 5. The molecule has 19 heavy (non-hydrogen) atoms. The number of piperidine rings is 1. The average molecular weight is 284 g/mol. The molecular weight excluding hydrogens is 266 g/mol. The number of nitrogens with zero attached hydrogens (tertiary/aromatic N) is 1. The second-order valence-corrected chi connectivity index (χ2v) is 4.82. The van der Waals surface area contributed by atoms with Gasteiger partial charge < -0.3 is 15.4 Å². The van der Waals surface area contributed by atoms with Gasteiger partial charge in [-0.2, -0.15) is 0 Å². The van der Waals surface area contributed by atoms with E-state index < -0.39 is 0 Å². The molecule has 2 N–H and O–H groups in total. The van der Waals surface area contributed by atoms with Crippen LogP contribution in [0.1, 0.15) is 19.3 Å². The molecule has 0 aromatic carbocycles. The zero-order chi connectivity index (χ0) is 13.5. The number of hydrogen-bond donors (Lipinski definition) is 2. The van der Waals surface area contributed by atoms with Crippen LogP contribution < -0.4 is 10.6 Å². The van der Waals surface area contributed by atoms with Gasteiger partial charge in [-0.3, -0.25) is 4.79 Å². The minimum absolute atomic E-state index is 0.108. The first-order chi connectivity index (χ1) is 9.25. The van der Waals surface area contributed by atoms with Crippen LogP contribution in [0.2, 0.25) is 5.15 Å². The summed E-state index contributed by atoms with van der Waals surface area (Å²) >= 11 is 5.86. The van der Waals surface area contributed by atoms with E-state index in [0.717, 1.165) is 25.9 Å². The number of carbonyl (C=O) groups excluding carboxylic acids is 1. The lowest BCUT2D eigenvalue weighted by atomic mass is 10.1. The molecule has 0 saturated carbocycles. The van der Waals surface area contributed by atoms with Crippen molar-refractivity contribution in [2.45, 2.75) is 25.4 Å². The van der Waals surface area contributed by atoms with E-state index in [1.54, 1.807) is 18.3 Å². The summed E-state index contributed by atoms with van der Waals surface area (Å²) in [6.45, 7) is 2.42. The van der Waals surface area contributed by atoms with Gasteiger partial charge in [-0.15, -0.1) is 0 Å². The summed E-state index contributed by atoms with van der Waals surface area (Å²) in [5.41, 5.74) is 0.538. The third-order valence-corrected chi connectivity index (χ3v) is 3.30. The Labute approximate surface area is 117 Å². The van der Waals surface area contributed by atoms with Crippen LogP contribution in [0, 0.1) is 0 Å². The van der Waals surface area contributed by atoms with Gasteiger partial charge in [-0.05, 0) is 38.1 Å². The molecule has 2 rings (SSSR count). The lowest BCUT2D eigenvalue weighted by Crippen LogP contribution is -2.33. The van der Waals surface area contributed by atoms with Gasteiger partial charge in [0.1, 0.15) is 0 Å². The molecule has 0 atom stereocenters. The van der Waals surface area contributed by atoms with Crippen LogP contribution in [0.3, 0.4) is 0 Å². The second kappa shape index (κ2) is 7.43. The highest BCUT2D eigenvalue weighted by Crippen LogP contribution is 2.17. The molecule has 1 fully saturated rings. The molecule has 0 unspecified atom stereocenters. The maximum absolute atomic E-state index is 11.7. The van der Waals surface area contributed by atoms with Crippen molar-refractivity contribution >= 4 is 23.2 Å². The number of amides is 1. The van der Waals surface area contributed by atoms with Crippen LogP contribution in [0.5, 0.6) is 0 Å². The van der Waals surface area contributed by atoms with Crippen LogP contribution in [0.25, 0.3) is 0 Å². The number of halogens is 1. The first-order valence-corrected chi connectivity index (χ1v) is 6.86. The molecule has 2 heterocycles. The number of anilines is 1. The van der Waals surface area contributed by atoms with E-state index in [2.05, 4.69) is 15.6 Å². The van der Waals surface area contributed by atoms with Crippen molar-refractivity contribution in [3.05, 3.63) is 23.5 Å². The van der Waals surface area contributed by atoms with Crippen molar-refractivity contribution in [1.82, 2.24) is 10.3 Å². The molecule has 1 aromatic rings. The Hall–Kier alpha value is -1.17. The molecule has 0 radical (unpaired) electrons. The zero-order valence-electron chi connectivity index (χ0n) is 10.7. The van der Waals surface area contributed by atoms with E-state index in [1.807, 2.05) is 0 Å². The smallest absolute Gasteiger partial charge is 0.226 e. The van der Waals surface area contributed by atoms with Gasteiger partial charge in [0.2, 0.25) is 5.91 Å². The maximum Gasteiger partial charge on any atom is 0.226 e. The van der Waals surface area contributed by atoms with Gasteiger partial charge in [0.05, 0.1) is 24.8 Å². The molecule has 1 aliphatic rings. The minimum atomic E-state index is -0.108. The molecule has 0 bridgehead atoms. The van der Waals surface area contributed by atoms with Crippen LogP contribution in [-0.4, -0.2) is 36.7 Å². The van der Waals surface area contributed by atoms with Gasteiger partial charge in [0.25, 0.3) is 0 Å². The molecule has 6 heteroatoms. The molecule has 104 valence electrons. The fraction of sp³-hybridized carbons (Fsp3) is 0.538. The van der Waals surface area contributed by atoms with E-state index in [1.165, 1.54) is 0 Å². The lowest BCUT2D eigenvalue weighted by molar-refractivity contribution is -0.117. The standard InChI is InChI=1S/C13H18ClN3O2/c14-13-11(2-1-6-16-13)17-12(18)5-9-19-10-3-7-15-8-4-10/h1-2,6,10,15H,3-5,7-9H2,(H,17,18). The van der Waals surface area contributed by atoms with Crippen molar-refractivity contribution in [2.75, 3.05) is 25.0 Å². The quantitative estimate of drug-likeness (QED) is 0.810. The molecule has 1 saturated heterocycles. The third-order valence-electron chi connectivity index (χ3n) is 3.00. The Morgan fingerprint density at radius 3 is 3.05 bits per heavy atom. The maximum atomic E-state index is 11.7. The van der Waals surface area contributed by atoms with Gasteiger partial charge in [0.15, 0.2) is 5.15 Å². The molecule has 5 nitrogen and oxygen atoms in total. The number of pyridine rings is 1. The molecule has 1 aromatic heterocycles. The van der Waals surface area contributed by atoms with E-state index in [0.29, 0.717) is 23.9 Å². The van der Waals surface area contributed by atoms with Crippen molar-refractivity contribution in [1.29, 1.82) is 0 Å². The Kier molecular flexibility index (Phi) is 5.57. The van der Waals surface area contributed by atoms with Gasteiger partial charge >= 0.3 is 0 Å². The van der Waals surface area contributed by atoms with E-state index >= 15 is 0 Å². The van der Waals surface area contributed by atoms with Gasteiger partial charge in [-0.25, -0.2) is 4.98 Å². The van der Waals surface area contributed by atoms with Crippen molar-refractivity contribution in [3.8, 4) is 0 Å². The summed E-state index contributed by atoms with van der Waals surface area (Å²) in [6.07, 6.45) is 4.20. The summed E-state index contributed by atoms with van der Waals surface area (Å²) in [5, 5.41) is 6.30. The molecular formula is C13H18ClN3O2. The van der Waals surface area contributed by atoms with E-state index in [4.69, 9.17) is 16.3 Å². The molecule has 0 aliphatic carbocycles. The largest absolute Gasteiger partial charge is 0.378 e. The first-order valence-electron chi connectivity index (χ1n) is 6.48. The number of ether oxygens (including phenoxy) is 1. The number of hydrogen-bond acceptors (Lipinski definition) is 4. The molecule has 0 spiro atoms. The normalized spacial score (nSPS) is 16.3. The lowest BCUT2D eigenvalue weighted by Gasteiger charge is -2.22. The molecule has 1 aliphatic heterocycles. The summed E-state index contributed by atoms with van der Waals surface area (Å²) in [6, 6.07) is 3.45. The fourth-order valence-corrected chi connectivity index (χ4v) is 2.14. The van der Waals surface area contributed by atoms with Crippen molar-refractivity contribution in [3.63, 3.8) is 0 Å². The highest BCUT2D eigenvalue weighted by Gasteiger charge is 2.13. The number of aromatic nitrogens is 1. The topological polar surface area (TPSA) is 63.2 Å². The van der Waals surface area contributed by atoms with E-state index in [9.17, 15) is 4.79 Å². The highest BCUT2D eigenvalue weighted by molar-refractivity contribution is 6.32. The van der Waals surface area contributed by atoms with E-state index in [-0.39, 0.29) is 12.0 Å².